The molecule has 0 aliphatic carbocycles. The van der Waals surface area contributed by atoms with Crippen molar-refractivity contribution in [3.05, 3.63) is 71.2 Å². The molecule has 0 aromatic heterocycles. The van der Waals surface area contributed by atoms with Crippen molar-refractivity contribution in [3.63, 3.8) is 0 Å². The number of anilines is 1. The number of ether oxygens (including phenoxy) is 1. The van der Waals surface area contributed by atoms with E-state index in [-0.39, 0.29) is 5.91 Å². The van der Waals surface area contributed by atoms with Crippen LogP contribution in [0.15, 0.2) is 60.7 Å². The molecule has 0 bridgehead atoms. The van der Waals surface area contributed by atoms with Crippen LogP contribution in [0.2, 0.25) is 5.02 Å². The number of piperazine rings is 1. The number of amides is 1. The summed E-state index contributed by atoms with van der Waals surface area (Å²) in [6.07, 6.45) is 0. The number of hydrogen-bond donors (Lipinski definition) is 0. The van der Waals surface area contributed by atoms with Crippen molar-refractivity contribution in [2.75, 3.05) is 38.2 Å². The minimum absolute atomic E-state index is 0.0669. The first kappa shape index (κ1) is 17.7. The highest BCUT2D eigenvalue weighted by Gasteiger charge is 2.23. The van der Waals surface area contributed by atoms with E-state index in [1.165, 1.54) is 0 Å². The van der Waals surface area contributed by atoms with Gasteiger partial charge in [-0.2, -0.15) is 0 Å². The van der Waals surface area contributed by atoms with Gasteiger partial charge in [-0.25, -0.2) is 0 Å². The number of halogens is 1. The van der Waals surface area contributed by atoms with E-state index in [0.29, 0.717) is 23.7 Å². The smallest absolute Gasteiger partial charge is 0.254 e. The number of methoxy groups -OCH3 is 1. The Morgan fingerprint density at radius 3 is 2.26 bits per heavy atom. The van der Waals surface area contributed by atoms with Gasteiger partial charge in [0.05, 0.1) is 7.11 Å². The van der Waals surface area contributed by atoms with E-state index in [1.807, 2.05) is 53.4 Å². The van der Waals surface area contributed by atoms with E-state index in [4.69, 9.17) is 16.3 Å². The molecule has 138 valence electrons. The summed E-state index contributed by atoms with van der Waals surface area (Å²) in [6, 6.07) is 19.5. The Morgan fingerprint density at radius 1 is 0.889 bits per heavy atom. The second kappa shape index (κ2) is 7.49. The van der Waals surface area contributed by atoms with Crippen LogP contribution in [-0.4, -0.2) is 44.1 Å². The van der Waals surface area contributed by atoms with E-state index in [2.05, 4.69) is 17.0 Å². The van der Waals surface area contributed by atoms with Crippen molar-refractivity contribution < 1.29 is 9.53 Å². The summed E-state index contributed by atoms with van der Waals surface area (Å²) in [5, 5.41) is 2.50. The molecule has 4 rings (SSSR count). The molecular weight excluding hydrogens is 360 g/mol. The molecule has 3 aromatic rings. The maximum Gasteiger partial charge on any atom is 0.254 e. The minimum Gasteiger partial charge on any atom is -0.497 e. The molecule has 0 atom stereocenters. The van der Waals surface area contributed by atoms with E-state index in [0.717, 1.165) is 35.3 Å². The van der Waals surface area contributed by atoms with Gasteiger partial charge in [0.25, 0.3) is 5.91 Å². The standard InChI is InChI=1S/C22H21ClN2O2/c1-27-17-10-8-16(9-11-17)24-12-14-25(15-13-24)22(26)20-6-2-5-19-18(20)4-3-7-21(19)23/h2-11H,12-15H2,1H3. The summed E-state index contributed by atoms with van der Waals surface area (Å²) in [4.78, 5) is 17.3. The molecule has 1 fully saturated rings. The summed E-state index contributed by atoms with van der Waals surface area (Å²) in [5.74, 6) is 0.916. The van der Waals surface area contributed by atoms with Crippen LogP contribution >= 0.6 is 11.6 Å². The number of fused-ring (bicyclic) bond motifs is 1. The zero-order valence-corrected chi connectivity index (χ0v) is 15.9. The normalized spacial score (nSPS) is 14.4. The molecule has 1 heterocycles. The molecule has 0 N–H and O–H groups in total. The molecule has 0 unspecified atom stereocenters. The molecule has 1 aliphatic heterocycles. The fraction of sp³-hybridized carbons (Fsp3) is 0.227. The number of nitrogens with zero attached hydrogens (tertiary/aromatic N) is 2. The summed E-state index contributed by atoms with van der Waals surface area (Å²) < 4.78 is 5.22. The first-order valence-electron chi connectivity index (χ1n) is 9.03. The second-order valence-electron chi connectivity index (χ2n) is 6.62. The Kier molecular flexibility index (Phi) is 4.90. The van der Waals surface area contributed by atoms with Crippen LogP contribution in [0.5, 0.6) is 5.75 Å². The molecule has 5 heteroatoms. The third-order valence-corrected chi connectivity index (χ3v) is 5.43. The molecule has 3 aromatic carbocycles. The number of carbonyl (C=O) groups is 1. The van der Waals surface area contributed by atoms with Gasteiger partial charge in [-0.15, -0.1) is 0 Å². The van der Waals surface area contributed by atoms with Crippen LogP contribution in [0.25, 0.3) is 10.8 Å². The van der Waals surface area contributed by atoms with E-state index < -0.39 is 0 Å². The van der Waals surface area contributed by atoms with Gasteiger partial charge in [-0.1, -0.05) is 35.9 Å². The number of rotatable bonds is 3. The van der Waals surface area contributed by atoms with Crippen molar-refractivity contribution in [3.8, 4) is 5.75 Å². The molecule has 0 radical (unpaired) electrons. The van der Waals surface area contributed by atoms with Gasteiger partial charge in [0, 0.05) is 47.8 Å². The van der Waals surface area contributed by atoms with Crippen LogP contribution in [0.4, 0.5) is 5.69 Å². The molecule has 0 spiro atoms. The molecule has 4 nitrogen and oxygen atoms in total. The first-order chi connectivity index (χ1) is 13.2. The van der Waals surface area contributed by atoms with E-state index >= 15 is 0 Å². The summed E-state index contributed by atoms with van der Waals surface area (Å²) in [5.41, 5.74) is 1.87. The highest BCUT2D eigenvalue weighted by Crippen LogP contribution is 2.27. The molecule has 1 saturated heterocycles. The Labute approximate surface area is 163 Å². The Hall–Kier alpha value is -2.72. The van der Waals surface area contributed by atoms with Crippen LogP contribution < -0.4 is 9.64 Å². The average molecular weight is 381 g/mol. The zero-order valence-electron chi connectivity index (χ0n) is 15.2. The summed E-state index contributed by atoms with van der Waals surface area (Å²) >= 11 is 6.29. The fourth-order valence-corrected chi connectivity index (χ4v) is 3.83. The first-order valence-corrected chi connectivity index (χ1v) is 9.40. The lowest BCUT2D eigenvalue weighted by atomic mass is 10.0. The highest BCUT2D eigenvalue weighted by molar-refractivity contribution is 6.36. The average Bonchev–Trinajstić information content (AvgIpc) is 2.73. The van der Waals surface area contributed by atoms with Gasteiger partial charge in [0.2, 0.25) is 0 Å². The lowest BCUT2D eigenvalue weighted by Crippen LogP contribution is -2.48. The third kappa shape index (κ3) is 3.45. The van der Waals surface area contributed by atoms with Crippen LogP contribution in [0, 0.1) is 0 Å². The number of hydrogen-bond acceptors (Lipinski definition) is 3. The Bertz CT molecular complexity index is 964. The molecule has 1 amide bonds. The number of benzene rings is 3. The number of carbonyl (C=O) groups excluding carboxylic acids is 1. The molecule has 1 aliphatic rings. The van der Waals surface area contributed by atoms with Gasteiger partial charge in [0.15, 0.2) is 0 Å². The van der Waals surface area contributed by atoms with Crippen molar-refractivity contribution in [1.29, 1.82) is 0 Å². The summed E-state index contributed by atoms with van der Waals surface area (Å²) in [7, 11) is 1.67. The van der Waals surface area contributed by atoms with Crippen LogP contribution in [0.1, 0.15) is 10.4 Å². The van der Waals surface area contributed by atoms with Crippen molar-refractivity contribution in [2.45, 2.75) is 0 Å². The Morgan fingerprint density at radius 2 is 1.56 bits per heavy atom. The van der Waals surface area contributed by atoms with E-state index in [9.17, 15) is 4.79 Å². The lowest BCUT2D eigenvalue weighted by Gasteiger charge is -2.36. The van der Waals surface area contributed by atoms with Gasteiger partial charge >= 0.3 is 0 Å². The van der Waals surface area contributed by atoms with E-state index in [1.54, 1.807) is 7.11 Å². The van der Waals surface area contributed by atoms with Crippen LogP contribution in [-0.2, 0) is 0 Å². The maximum absolute atomic E-state index is 13.1. The molecule has 0 saturated carbocycles. The minimum atomic E-state index is 0.0669. The van der Waals surface area contributed by atoms with Gasteiger partial charge in [-0.3, -0.25) is 4.79 Å². The third-order valence-electron chi connectivity index (χ3n) is 5.10. The summed E-state index contributed by atoms with van der Waals surface area (Å²) in [6.45, 7) is 3.01. The predicted molar refractivity (Wildman–Crippen MR) is 110 cm³/mol. The second-order valence-corrected chi connectivity index (χ2v) is 7.03. The van der Waals surface area contributed by atoms with Gasteiger partial charge in [-0.05, 0) is 41.8 Å². The van der Waals surface area contributed by atoms with Crippen molar-refractivity contribution in [1.82, 2.24) is 4.90 Å². The lowest BCUT2D eigenvalue weighted by molar-refractivity contribution is 0.0749. The van der Waals surface area contributed by atoms with Crippen molar-refractivity contribution >= 4 is 34.0 Å². The monoisotopic (exact) mass is 380 g/mol. The maximum atomic E-state index is 13.1. The highest BCUT2D eigenvalue weighted by atomic mass is 35.5. The van der Waals surface area contributed by atoms with Gasteiger partial charge < -0.3 is 14.5 Å². The van der Waals surface area contributed by atoms with Gasteiger partial charge in [0.1, 0.15) is 5.75 Å². The fourth-order valence-electron chi connectivity index (χ4n) is 3.59. The Balaban J connectivity index is 1.50. The topological polar surface area (TPSA) is 32.8 Å². The SMILES string of the molecule is COc1ccc(N2CCN(C(=O)c3cccc4c(Cl)cccc34)CC2)cc1. The molecule has 27 heavy (non-hydrogen) atoms. The predicted octanol–water partition coefficient (Wildman–Crippen LogP) is 4.46. The zero-order chi connectivity index (χ0) is 18.8. The molecular formula is C22H21ClN2O2. The van der Waals surface area contributed by atoms with Crippen molar-refractivity contribution in [2.24, 2.45) is 0 Å². The quantitative estimate of drug-likeness (QED) is 0.672. The largest absolute Gasteiger partial charge is 0.497 e. The van der Waals surface area contributed by atoms with Crippen LogP contribution in [0.3, 0.4) is 0 Å².